The lowest BCUT2D eigenvalue weighted by Crippen LogP contribution is -2.52. The molecule has 2 saturated heterocycles. The van der Waals surface area contributed by atoms with Crippen molar-refractivity contribution in [1.82, 2.24) is 15.1 Å². The molecule has 0 bridgehead atoms. The minimum absolute atomic E-state index is 0. The fraction of sp³-hybridized carbons (Fsp3) is 1.00. The van der Waals surface area contributed by atoms with Crippen molar-refractivity contribution in [3.8, 4) is 0 Å². The second-order valence-corrected chi connectivity index (χ2v) is 4.54. The molecule has 2 fully saturated rings. The van der Waals surface area contributed by atoms with E-state index in [1.54, 1.807) is 0 Å². The van der Waals surface area contributed by atoms with Gasteiger partial charge in [0.1, 0.15) is 0 Å². The molecule has 1 atom stereocenters. The number of hydrogen-bond donors (Lipinski definition) is 1. The van der Waals surface area contributed by atoms with E-state index in [2.05, 4.69) is 22.0 Å². The Bertz CT molecular complexity index is 192. The molecule has 0 aromatic heterocycles. The maximum atomic E-state index is 5.35. The highest BCUT2D eigenvalue weighted by atomic mass is 35.5. The zero-order chi connectivity index (χ0) is 10.5. The van der Waals surface area contributed by atoms with Crippen LogP contribution < -0.4 is 5.32 Å². The van der Waals surface area contributed by atoms with E-state index in [1.807, 2.05) is 0 Å². The maximum Gasteiger partial charge on any atom is 0.0594 e. The zero-order valence-corrected chi connectivity index (χ0v) is 12.2. The predicted molar refractivity (Wildman–Crippen MR) is 75.7 cm³/mol. The summed E-state index contributed by atoms with van der Waals surface area (Å²) in [5.41, 5.74) is 0. The second-order valence-electron chi connectivity index (χ2n) is 4.54. The molecule has 2 rings (SSSR count). The second kappa shape index (κ2) is 9.36. The van der Waals surface area contributed by atoms with Gasteiger partial charge in [-0.1, -0.05) is 0 Å². The first-order chi connectivity index (χ1) is 7.36. The molecule has 2 aliphatic heterocycles. The van der Waals surface area contributed by atoms with Crippen LogP contribution in [-0.2, 0) is 4.74 Å². The van der Waals surface area contributed by atoms with Crippen LogP contribution in [0.4, 0.5) is 0 Å². The molecule has 0 aromatic rings. The Balaban J connectivity index is 0.00000128. The number of ether oxygens (including phenoxy) is 1. The van der Waals surface area contributed by atoms with Crippen LogP contribution in [0.2, 0.25) is 0 Å². The van der Waals surface area contributed by atoms with Crippen molar-refractivity contribution in [3.05, 3.63) is 0 Å². The van der Waals surface area contributed by atoms with Crippen molar-refractivity contribution in [3.63, 3.8) is 0 Å². The fourth-order valence-electron chi connectivity index (χ4n) is 2.31. The summed E-state index contributed by atoms with van der Waals surface area (Å²) in [5, 5.41) is 3.43. The number of piperazine rings is 1. The fourth-order valence-corrected chi connectivity index (χ4v) is 2.31. The summed E-state index contributed by atoms with van der Waals surface area (Å²) in [5.74, 6) is 0. The lowest BCUT2D eigenvalue weighted by Gasteiger charge is -2.36. The largest absolute Gasteiger partial charge is 0.379 e. The summed E-state index contributed by atoms with van der Waals surface area (Å²) >= 11 is 0. The van der Waals surface area contributed by atoms with E-state index in [0.717, 1.165) is 39.4 Å². The maximum absolute atomic E-state index is 5.35. The van der Waals surface area contributed by atoms with Gasteiger partial charge in [-0.25, -0.2) is 0 Å². The number of rotatable bonds is 3. The monoisotopic (exact) mass is 285 g/mol. The Hall–Kier alpha value is 0.420. The number of nitrogens with one attached hydrogen (secondary N) is 1. The van der Waals surface area contributed by atoms with E-state index in [-0.39, 0.29) is 24.8 Å². The molecule has 0 saturated carbocycles. The molecule has 17 heavy (non-hydrogen) atoms. The number of halogens is 2. The van der Waals surface area contributed by atoms with Gasteiger partial charge >= 0.3 is 0 Å². The van der Waals surface area contributed by atoms with Crippen molar-refractivity contribution in [1.29, 1.82) is 0 Å². The van der Waals surface area contributed by atoms with Crippen LogP contribution >= 0.6 is 24.8 Å². The van der Waals surface area contributed by atoms with E-state index < -0.39 is 0 Å². The molecule has 6 heteroatoms. The van der Waals surface area contributed by atoms with Crippen molar-refractivity contribution in [2.45, 2.75) is 13.0 Å². The number of nitrogens with zero attached hydrogens (tertiary/aromatic N) is 2. The number of morpholine rings is 1. The summed E-state index contributed by atoms with van der Waals surface area (Å²) < 4.78 is 5.35. The standard InChI is InChI=1S/C11H23N3O.2ClH/c1-11-10-12-2-3-14(11)5-4-13-6-8-15-9-7-13;;/h11-12H,2-10H2,1H3;2*1H/t11-;;/m1../s1. The van der Waals surface area contributed by atoms with Crippen LogP contribution in [0.5, 0.6) is 0 Å². The highest BCUT2D eigenvalue weighted by molar-refractivity contribution is 5.85. The quantitative estimate of drug-likeness (QED) is 0.815. The van der Waals surface area contributed by atoms with Crippen LogP contribution in [0.15, 0.2) is 0 Å². The van der Waals surface area contributed by atoms with Gasteiger partial charge in [-0.05, 0) is 6.92 Å². The summed E-state index contributed by atoms with van der Waals surface area (Å²) in [6.07, 6.45) is 0. The normalized spacial score (nSPS) is 27.0. The third-order valence-corrected chi connectivity index (χ3v) is 3.45. The zero-order valence-electron chi connectivity index (χ0n) is 10.6. The molecule has 0 aliphatic carbocycles. The first-order valence-corrected chi connectivity index (χ1v) is 6.11. The lowest BCUT2D eigenvalue weighted by molar-refractivity contribution is 0.0300. The highest BCUT2D eigenvalue weighted by Crippen LogP contribution is 2.03. The van der Waals surface area contributed by atoms with Crippen LogP contribution in [0, 0.1) is 0 Å². The van der Waals surface area contributed by atoms with Crippen molar-refractivity contribution in [2.75, 3.05) is 59.0 Å². The van der Waals surface area contributed by atoms with E-state index in [4.69, 9.17) is 4.74 Å². The van der Waals surface area contributed by atoms with Gasteiger partial charge in [0.25, 0.3) is 0 Å². The van der Waals surface area contributed by atoms with Gasteiger partial charge in [0.15, 0.2) is 0 Å². The lowest BCUT2D eigenvalue weighted by atomic mass is 10.2. The summed E-state index contributed by atoms with van der Waals surface area (Å²) in [4.78, 5) is 5.10. The molecule has 0 spiro atoms. The topological polar surface area (TPSA) is 27.7 Å². The van der Waals surface area contributed by atoms with Gasteiger partial charge in [-0.15, -0.1) is 24.8 Å². The van der Waals surface area contributed by atoms with E-state index in [0.29, 0.717) is 6.04 Å². The Morgan fingerprint density at radius 3 is 2.47 bits per heavy atom. The predicted octanol–water partition coefficient (Wildman–Crippen LogP) is 0.456. The molecule has 0 aromatic carbocycles. The summed E-state index contributed by atoms with van der Waals surface area (Å²) in [6.45, 7) is 12.3. The molecular weight excluding hydrogens is 261 g/mol. The first kappa shape index (κ1) is 17.4. The number of hydrogen-bond acceptors (Lipinski definition) is 4. The van der Waals surface area contributed by atoms with Crippen LogP contribution in [0.25, 0.3) is 0 Å². The van der Waals surface area contributed by atoms with E-state index in [9.17, 15) is 0 Å². The molecule has 0 amide bonds. The Morgan fingerprint density at radius 1 is 1.12 bits per heavy atom. The van der Waals surface area contributed by atoms with Gasteiger partial charge in [0.05, 0.1) is 13.2 Å². The average molecular weight is 286 g/mol. The van der Waals surface area contributed by atoms with Gasteiger partial charge in [0.2, 0.25) is 0 Å². The van der Waals surface area contributed by atoms with Crippen LogP contribution in [0.3, 0.4) is 0 Å². The molecule has 0 radical (unpaired) electrons. The highest BCUT2D eigenvalue weighted by Gasteiger charge is 2.18. The molecule has 104 valence electrons. The third kappa shape index (κ3) is 5.73. The first-order valence-electron chi connectivity index (χ1n) is 6.11. The van der Waals surface area contributed by atoms with Crippen molar-refractivity contribution >= 4 is 24.8 Å². The Morgan fingerprint density at radius 2 is 1.82 bits per heavy atom. The molecule has 2 heterocycles. The minimum atomic E-state index is 0. The SMILES string of the molecule is C[C@@H]1CNCCN1CCN1CCOCC1.Cl.Cl. The third-order valence-electron chi connectivity index (χ3n) is 3.45. The van der Waals surface area contributed by atoms with E-state index in [1.165, 1.54) is 19.6 Å². The van der Waals surface area contributed by atoms with Crippen molar-refractivity contribution in [2.24, 2.45) is 0 Å². The molecular formula is C11H25Cl2N3O. The van der Waals surface area contributed by atoms with Crippen molar-refractivity contribution < 1.29 is 4.74 Å². The van der Waals surface area contributed by atoms with Crippen LogP contribution in [-0.4, -0.2) is 74.9 Å². The molecule has 2 aliphatic rings. The summed E-state index contributed by atoms with van der Waals surface area (Å²) in [7, 11) is 0. The average Bonchev–Trinajstić information content (AvgIpc) is 2.29. The van der Waals surface area contributed by atoms with Gasteiger partial charge in [-0.3, -0.25) is 9.80 Å². The summed E-state index contributed by atoms with van der Waals surface area (Å²) in [6, 6.07) is 0.694. The van der Waals surface area contributed by atoms with E-state index >= 15 is 0 Å². The Labute approximate surface area is 117 Å². The van der Waals surface area contributed by atoms with Gasteiger partial charge < -0.3 is 10.1 Å². The molecule has 1 N–H and O–H groups in total. The van der Waals surface area contributed by atoms with Crippen LogP contribution in [0.1, 0.15) is 6.92 Å². The smallest absolute Gasteiger partial charge is 0.0594 e. The van der Waals surface area contributed by atoms with Gasteiger partial charge in [0, 0.05) is 51.9 Å². The molecule has 0 unspecified atom stereocenters. The molecule has 4 nitrogen and oxygen atoms in total. The Kier molecular flexibility index (Phi) is 9.59. The minimum Gasteiger partial charge on any atom is -0.379 e. The van der Waals surface area contributed by atoms with Gasteiger partial charge in [-0.2, -0.15) is 0 Å².